The van der Waals surface area contributed by atoms with Crippen molar-refractivity contribution in [3.8, 4) is 5.75 Å². The quantitative estimate of drug-likeness (QED) is 0.514. The number of methoxy groups -OCH3 is 1. The van der Waals surface area contributed by atoms with E-state index in [0.29, 0.717) is 12.2 Å². The van der Waals surface area contributed by atoms with Crippen molar-refractivity contribution in [1.29, 1.82) is 0 Å². The van der Waals surface area contributed by atoms with Crippen LogP contribution in [0.2, 0.25) is 5.02 Å². The number of nitrogens with one attached hydrogen (secondary N) is 1. The van der Waals surface area contributed by atoms with Crippen LogP contribution in [0.4, 0.5) is 5.69 Å². The Hall–Kier alpha value is -2.78. The molecule has 1 N–H and O–H groups in total. The molecule has 35 heavy (non-hydrogen) atoms. The van der Waals surface area contributed by atoms with Crippen molar-refractivity contribution in [2.75, 3.05) is 30.8 Å². The molecule has 2 aromatic rings. The third-order valence-corrected chi connectivity index (χ3v) is 6.69. The van der Waals surface area contributed by atoms with Gasteiger partial charge in [0.1, 0.15) is 18.3 Å². The molecule has 0 bridgehead atoms. The first kappa shape index (κ1) is 28.5. The first-order valence-corrected chi connectivity index (χ1v) is 13.4. The van der Waals surface area contributed by atoms with Crippen molar-refractivity contribution in [1.82, 2.24) is 10.2 Å². The molecule has 0 aliphatic carbocycles. The molecule has 1 unspecified atom stereocenters. The van der Waals surface area contributed by atoms with E-state index in [9.17, 15) is 18.0 Å². The summed E-state index contributed by atoms with van der Waals surface area (Å²) in [6, 6.07) is 13.2. The number of benzene rings is 2. The van der Waals surface area contributed by atoms with Crippen LogP contribution < -0.4 is 14.4 Å². The van der Waals surface area contributed by atoms with E-state index in [1.807, 2.05) is 51.1 Å². The van der Waals surface area contributed by atoms with Gasteiger partial charge in [-0.05, 0) is 57.9 Å². The first-order chi connectivity index (χ1) is 16.2. The van der Waals surface area contributed by atoms with E-state index in [4.69, 9.17) is 16.3 Å². The summed E-state index contributed by atoms with van der Waals surface area (Å²) in [6.45, 7) is 6.96. The zero-order valence-electron chi connectivity index (χ0n) is 21.0. The third-order valence-electron chi connectivity index (χ3n) is 5.25. The highest BCUT2D eigenvalue weighted by atomic mass is 35.5. The molecule has 10 heteroatoms. The van der Waals surface area contributed by atoms with Gasteiger partial charge in [0.05, 0.1) is 24.1 Å². The third kappa shape index (κ3) is 8.43. The number of anilines is 1. The summed E-state index contributed by atoms with van der Waals surface area (Å²) < 4.78 is 31.4. The van der Waals surface area contributed by atoms with Gasteiger partial charge in [0, 0.05) is 12.1 Å². The van der Waals surface area contributed by atoms with Crippen LogP contribution in [-0.4, -0.2) is 63.2 Å². The fourth-order valence-corrected chi connectivity index (χ4v) is 4.56. The van der Waals surface area contributed by atoms with Gasteiger partial charge in [0.2, 0.25) is 21.8 Å². The van der Waals surface area contributed by atoms with Crippen LogP contribution in [0.3, 0.4) is 0 Å². The van der Waals surface area contributed by atoms with Gasteiger partial charge in [0.25, 0.3) is 0 Å². The van der Waals surface area contributed by atoms with Crippen LogP contribution in [0.5, 0.6) is 5.75 Å². The molecular formula is C25H34ClN3O5S. The second-order valence-corrected chi connectivity index (χ2v) is 11.6. The molecule has 192 valence electrons. The minimum Gasteiger partial charge on any atom is -0.495 e. The van der Waals surface area contributed by atoms with Crippen molar-refractivity contribution >= 4 is 39.1 Å². The highest BCUT2D eigenvalue weighted by Crippen LogP contribution is 2.30. The molecule has 0 spiro atoms. The van der Waals surface area contributed by atoms with E-state index in [2.05, 4.69) is 5.32 Å². The van der Waals surface area contributed by atoms with Crippen molar-refractivity contribution < 1.29 is 22.7 Å². The number of nitrogens with zero attached hydrogens (tertiary/aromatic N) is 2. The normalized spacial score (nSPS) is 12.5. The van der Waals surface area contributed by atoms with Crippen molar-refractivity contribution in [2.45, 2.75) is 45.7 Å². The topological polar surface area (TPSA) is 96.0 Å². The number of halogens is 1. The summed E-state index contributed by atoms with van der Waals surface area (Å²) in [4.78, 5) is 27.8. The van der Waals surface area contributed by atoms with Crippen molar-refractivity contribution in [3.05, 3.63) is 59.1 Å². The highest BCUT2D eigenvalue weighted by molar-refractivity contribution is 7.92. The average molecular weight is 524 g/mol. The molecule has 2 rings (SSSR count). The van der Waals surface area contributed by atoms with E-state index in [0.717, 1.165) is 16.1 Å². The number of carbonyl (C=O) groups is 2. The zero-order chi connectivity index (χ0) is 26.4. The SMILES string of the molecule is COc1ccc(N(CC(=O)N(CCc2ccccc2)C(C)C(=O)NC(C)(C)C)S(C)(=O)=O)cc1Cl. The molecule has 0 aromatic heterocycles. The molecule has 0 saturated carbocycles. The van der Waals surface area contributed by atoms with E-state index in [1.54, 1.807) is 6.92 Å². The Morgan fingerprint density at radius 3 is 2.26 bits per heavy atom. The number of ether oxygens (including phenoxy) is 1. The molecule has 0 heterocycles. The Morgan fingerprint density at radius 1 is 1.11 bits per heavy atom. The van der Waals surface area contributed by atoms with Gasteiger partial charge in [-0.2, -0.15) is 0 Å². The Kier molecular flexibility index (Phi) is 9.57. The lowest BCUT2D eigenvalue weighted by Crippen LogP contribution is -2.55. The fourth-order valence-electron chi connectivity index (χ4n) is 3.47. The van der Waals surface area contributed by atoms with Crippen LogP contribution >= 0.6 is 11.6 Å². The monoisotopic (exact) mass is 523 g/mol. The standard InChI is InChI=1S/C25H34ClN3O5S/c1-18(24(31)27-25(2,3)4)28(15-14-19-10-8-7-9-11-19)23(30)17-29(35(6,32)33)20-12-13-22(34-5)21(26)16-20/h7-13,16,18H,14-15,17H2,1-6H3,(H,27,31). The Bertz CT molecular complexity index is 1130. The molecule has 8 nitrogen and oxygen atoms in total. The molecule has 0 saturated heterocycles. The van der Waals surface area contributed by atoms with E-state index >= 15 is 0 Å². The summed E-state index contributed by atoms with van der Waals surface area (Å²) in [5.41, 5.74) is 0.732. The average Bonchev–Trinajstić information content (AvgIpc) is 2.76. The van der Waals surface area contributed by atoms with Gasteiger partial charge < -0.3 is 15.0 Å². The van der Waals surface area contributed by atoms with E-state index in [1.165, 1.54) is 30.2 Å². The lowest BCUT2D eigenvalue weighted by molar-refractivity contribution is -0.139. The highest BCUT2D eigenvalue weighted by Gasteiger charge is 2.31. The summed E-state index contributed by atoms with van der Waals surface area (Å²) in [7, 11) is -2.39. The van der Waals surface area contributed by atoms with E-state index < -0.39 is 34.1 Å². The lowest BCUT2D eigenvalue weighted by atomic mass is 10.1. The van der Waals surface area contributed by atoms with Gasteiger partial charge >= 0.3 is 0 Å². The van der Waals surface area contributed by atoms with Gasteiger partial charge in [-0.1, -0.05) is 41.9 Å². The molecule has 2 amide bonds. The maximum Gasteiger partial charge on any atom is 0.244 e. The van der Waals surface area contributed by atoms with E-state index in [-0.39, 0.29) is 23.2 Å². The number of carbonyl (C=O) groups excluding carboxylic acids is 2. The molecule has 0 aliphatic rings. The van der Waals surface area contributed by atoms with Gasteiger partial charge in [0.15, 0.2) is 0 Å². The summed E-state index contributed by atoms with van der Waals surface area (Å²) in [5, 5.41) is 3.10. The molecule has 0 aliphatic heterocycles. The predicted molar refractivity (Wildman–Crippen MR) is 139 cm³/mol. The maximum atomic E-state index is 13.5. The van der Waals surface area contributed by atoms with Crippen LogP contribution in [0.1, 0.15) is 33.3 Å². The lowest BCUT2D eigenvalue weighted by Gasteiger charge is -2.33. The second-order valence-electron chi connectivity index (χ2n) is 9.33. The number of hydrogen-bond acceptors (Lipinski definition) is 5. The van der Waals surface area contributed by atoms with Gasteiger partial charge in [-0.15, -0.1) is 0 Å². The fraction of sp³-hybridized carbons (Fsp3) is 0.440. The predicted octanol–water partition coefficient (Wildman–Crippen LogP) is 3.49. The van der Waals surface area contributed by atoms with Crippen LogP contribution in [0, 0.1) is 0 Å². The largest absolute Gasteiger partial charge is 0.495 e. The molecule has 0 radical (unpaired) electrons. The van der Waals surface area contributed by atoms with Crippen LogP contribution in [0.15, 0.2) is 48.5 Å². The first-order valence-electron chi connectivity index (χ1n) is 11.2. The number of sulfonamides is 1. The zero-order valence-corrected chi connectivity index (χ0v) is 22.6. The molecule has 1 atom stereocenters. The van der Waals surface area contributed by atoms with Crippen molar-refractivity contribution in [2.24, 2.45) is 0 Å². The minimum atomic E-state index is -3.84. The Labute approximate surface area is 213 Å². The summed E-state index contributed by atoms with van der Waals surface area (Å²) in [6.07, 6.45) is 1.52. The second kappa shape index (κ2) is 11.8. The van der Waals surface area contributed by atoms with Crippen molar-refractivity contribution in [3.63, 3.8) is 0 Å². The van der Waals surface area contributed by atoms with Crippen LogP contribution in [0.25, 0.3) is 0 Å². The van der Waals surface area contributed by atoms with Crippen LogP contribution in [-0.2, 0) is 26.0 Å². The molecule has 0 fully saturated rings. The molecule has 2 aromatic carbocycles. The number of amides is 2. The number of hydrogen-bond donors (Lipinski definition) is 1. The number of rotatable bonds is 10. The molecular weight excluding hydrogens is 490 g/mol. The Balaban J connectivity index is 2.35. The van der Waals surface area contributed by atoms with Gasteiger partial charge in [-0.3, -0.25) is 13.9 Å². The summed E-state index contributed by atoms with van der Waals surface area (Å²) in [5.74, 6) is -0.445. The maximum absolute atomic E-state index is 13.5. The summed E-state index contributed by atoms with van der Waals surface area (Å²) >= 11 is 6.20. The minimum absolute atomic E-state index is 0.213. The van der Waals surface area contributed by atoms with Gasteiger partial charge in [-0.25, -0.2) is 8.42 Å². The smallest absolute Gasteiger partial charge is 0.244 e. The Morgan fingerprint density at radius 2 is 1.74 bits per heavy atom.